The summed E-state index contributed by atoms with van der Waals surface area (Å²) in [6.45, 7) is 18.7. The van der Waals surface area contributed by atoms with E-state index < -0.39 is 0 Å². The molecule has 0 atom stereocenters. The lowest BCUT2D eigenvalue weighted by Gasteiger charge is -2.16. The van der Waals surface area contributed by atoms with Crippen molar-refractivity contribution in [3.63, 3.8) is 0 Å². The van der Waals surface area contributed by atoms with Gasteiger partial charge in [-0.15, -0.1) is 13.2 Å². The fraction of sp³-hybridized carbons (Fsp3) is 0.263. The second-order valence-electron chi connectivity index (χ2n) is 11.3. The normalized spacial score (nSPS) is 11.0. The molecule has 0 aromatic heterocycles. The van der Waals surface area contributed by atoms with Crippen LogP contribution < -0.4 is 5.73 Å². The maximum Gasteiger partial charge on any atom is 0.122 e. The average Bonchev–Trinajstić information content (AvgIpc) is 2.93. The van der Waals surface area contributed by atoms with Crippen LogP contribution in [0.2, 0.25) is 0 Å². The maximum atomic E-state index is 11.2. The van der Waals surface area contributed by atoms with Gasteiger partial charge in [-0.05, 0) is 152 Å². The molecule has 0 radical (unpaired) electrons. The van der Waals surface area contributed by atoms with Gasteiger partial charge in [0.05, 0.1) is 0 Å². The zero-order valence-corrected chi connectivity index (χ0v) is 26.0. The van der Waals surface area contributed by atoms with Crippen molar-refractivity contribution in [2.75, 3.05) is 5.73 Å². The van der Waals surface area contributed by atoms with Gasteiger partial charge in [0.25, 0.3) is 0 Å². The highest BCUT2D eigenvalue weighted by Gasteiger charge is 2.14. The van der Waals surface area contributed by atoms with Crippen LogP contribution in [-0.2, 0) is 32.1 Å². The lowest BCUT2D eigenvalue weighted by molar-refractivity contribution is 0.461. The van der Waals surface area contributed by atoms with E-state index >= 15 is 0 Å². The van der Waals surface area contributed by atoms with E-state index in [2.05, 4.69) is 102 Å². The monoisotopic (exact) mass is 561 g/mol. The van der Waals surface area contributed by atoms with Gasteiger partial charge in [-0.3, -0.25) is 0 Å². The van der Waals surface area contributed by atoms with Gasteiger partial charge in [-0.2, -0.15) is 0 Å². The van der Waals surface area contributed by atoms with Crippen LogP contribution in [0.3, 0.4) is 0 Å². The first-order chi connectivity index (χ1) is 19.6. The first-order valence-corrected chi connectivity index (χ1v) is 15.2. The van der Waals surface area contributed by atoms with Crippen molar-refractivity contribution in [3.05, 3.63) is 141 Å². The number of anilines is 1. The number of phenolic OH excluding ortho intramolecular Hbond substituents is 1. The second kappa shape index (κ2) is 13.3. The summed E-state index contributed by atoms with van der Waals surface area (Å²) in [6.07, 6.45) is 7.54. The molecule has 0 aliphatic carbocycles. The van der Waals surface area contributed by atoms with E-state index in [0.717, 1.165) is 63.4 Å². The van der Waals surface area contributed by atoms with Crippen LogP contribution in [0.15, 0.2) is 89.7 Å². The summed E-state index contributed by atoms with van der Waals surface area (Å²) in [5, 5.41) is 11.2. The van der Waals surface area contributed by atoms with E-state index in [4.69, 9.17) is 5.73 Å². The predicted molar refractivity (Wildman–Crippen MR) is 178 cm³/mol. The van der Waals surface area contributed by atoms with E-state index in [-0.39, 0.29) is 0 Å². The van der Waals surface area contributed by atoms with Crippen LogP contribution in [0.5, 0.6) is 5.75 Å². The van der Waals surface area contributed by atoms with Crippen LogP contribution in [-0.4, -0.2) is 5.11 Å². The molecule has 0 saturated carbocycles. The summed E-state index contributed by atoms with van der Waals surface area (Å²) in [5.74, 6) is 0.384. The third-order valence-corrected chi connectivity index (χ3v) is 9.11. The van der Waals surface area contributed by atoms with E-state index in [1.807, 2.05) is 12.2 Å². The Morgan fingerprint density at radius 1 is 0.659 bits per heavy atom. The molecule has 0 aliphatic heterocycles. The summed E-state index contributed by atoms with van der Waals surface area (Å²) in [7, 11) is 0. The lowest BCUT2D eigenvalue weighted by Crippen LogP contribution is -2.02. The molecule has 0 fully saturated rings. The third-order valence-electron chi connectivity index (χ3n) is 8.17. The van der Waals surface area contributed by atoms with E-state index in [1.54, 1.807) is 11.8 Å². The van der Waals surface area contributed by atoms with Crippen LogP contribution in [0.25, 0.3) is 0 Å². The van der Waals surface area contributed by atoms with Gasteiger partial charge in [-0.25, -0.2) is 0 Å². The molecule has 0 unspecified atom stereocenters. The fourth-order valence-electron chi connectivity index (χ4n) is 5.38. The minimum absolute atomic E-state index is 0.384. The van der Waals surface area contributed by atoms with Crippen molar-refractivity contribution in [1.82, 2.24) is 0 Å². The molecule has 4 aromatic carbocycles. The molecule has 0 heterocycles. The lowest BCUT2D eigenvalue weighted by atomic mass is 9.95. The SMILES string of the molecule is C=CCc1cc(Sc2cc(CC=C)c(O)c(CCc3cc(C)c(C)c(C)c3)c2)cc(Cc2ccc(C)c(C)c2)c1N. The number of aryl methyl sites for hydroxylation is 6. The highest BCUT2D eigenvalue weighted by atomic mass is 32.2. The van der Waals surface area contributed by atoms with Crippen molar-refractivity contribution in [2.24, 2.45) is 0 Å². The Morgan fingerprint density at radius 3 is 1.85 bits per heavy atom. The number of allylic oxidation sites excluding steroid dienone is 2. The van der Waals surface area contributed by atoms with Crippen molar-refractivity contribution < 1.29 is 5.11 Å². The quantitative estimate of drug-likeness (QED) is 0.142. The molecule has 0 bridgehead atoms. The van der Waals surface area contributed by atoms with Crippen LogP contribution in [0.1, 0.15) is 61.2 Å². The number of aromatic hydroxyl groups is 1. The molecule has 41 heavy (non-hydrogen) atoms. The molecular formula is C38H43NOS. The molecule has 2 nitrogen and oxygen atoms in total. The molecule has 0 spiro atoms. The summed E-state index contributed by atoms with van der Waals surface area (Å²) >= 11 is 1.72. The molecule has 0 aliphatic rings. The Balaban J connectivity index is 1.67. The molecule has 4 rings (SSSR count). The minimum Gasteiger partial charge on any atom is -0.507 e. The Hall–Kier alpha value is -3.69. The first kappa shape index (κ1) is 30.3. The van der Waals surface area contributed by atoms with E-state index in [9.17, 15) is 5.11 Å². The van der Waals surface area contributed by atoms with Gasteiger partial charge < -0.3 is 10.8 Å². The molecule has 212 valence electrons. The van der Waals surface area contributed by atoms with Gasteiger partial charge in [0.15, 0.2) is 0 Å². The number of rotatable bonds is 11. The zero-order chi connectivity index (χ0) is 29.7. The third kappa shape index (κ3) is 7.34. The van der Waals surface area contributed by atoms with E-state index in [1.165, 1.54) is 38.9 Å². The zero-order valence-electron chi connectivity index (χ0n) is 25.2. The number of nitrogen functional groups attached to an aromatic ring is 1. The van der Waals surface area contributed by atoms with Crippen LogP contribution >= 0.6 is 11.8 Å². The highest BCUT2D eigenvalue weighted by molar-refractivity contribution is 7.99. The van der Waals surface area contributed by atoms with E-state index in [0.29, 0.717) is 12.2 Å². The van der Waals surface area contributed by atoms with Crippen LogP contribution in [0.4, 0.5) is 5.69 Å². The number of benzene rings is 4. The standard InChI is InChI=1S/C38H43NOS/c1-8-10-31-20-35(23-34(37(31)39)19-30-13-12-24(3)25(4)16-30)41-36-21-32(11-9-2)38(40)33(22-36)15-14-29-17-26(5)28(7)27(6)18-29/h8-9,12-13,16-18,20-23,40H,1-2,10-11,14-15,19,39H2,3-7H3. The Bertz CT molecular complexity index is 1570. The van der Waals surface area contributed by atoms with Gasteiger partial charge in [0.2, 0.25) is 0 Å². The van der Waals surface area contributed by atoms with Crippen molar-refractivity contribution in [2.45, 2.75) is 76.5 Å². The van der Waals surface area contributed by atoms with Crippen molar-refractivity contribution >= 4 is 17.4 Å². The summed E-state index contributed by atoms with van der Waals surface area (Å²) < 4.78 is 0. The van der Waals surface area contributed by atoms with Gasteiger partial charge in [0.1, 0.15) is 5.75 Å². The molecule has 3 N–H and O–H groups in total. The Labute approximate surface area is 251 Å². The first-order valence-electron chi connectivity index (χ1n) is 14.4. The topological polar surface area (TPSA) is 46.2 Å². The van der Waals surface area contributed by atoms with Crippen molar-refractivity contribution in [3.8, 4) is 5.75 Å². The summed E-state index contributed by atoms with van der Waals surface area (Å²) in [4.78, 5) is 2.25. The van der Waals surface area contributed by atoms with Gasteiger partial charge in [0, 0.05) is 15.5 Å². The number of hydrogen-bond acceptors (Lipinski definition) is 3. The molecule has 0 saturated heterocycles. The second-order valence-corrected chi connectivity index (χ2v) is 12.4. The molecule has 4 aromatic rings. The summed E-state index contributed by atoms with van der Waals surface area (Å²) in [5.41, 5.74) is 20.8. The van der Waals surface area contributed by atoms with Gasteiger partial charge >= 0.3 is 0 Å². The Morgan fingerprint density at radius 2 is 1.22 bits per heavy atom. The summed E-state index contributed by atoms with van der Waals surface area (Å²) in [6, 6.07) is 19.8. The number of nitrogens with two attached hydrogens (primary N) is 1. The molecular weight excluding hydrogens is 518 g/mol. The fourth-order valence-corrected chi connectivity index (χ4v) is 6.46. The smallest absolute Gasteiger partial charge is 0.122 e. The molecule has 3 heteroatoms. The number of hydrogen-bond donors (Lipinski definition) is 2. The Kier molecular flexibility index (Phi) is 9.83. The largest absolute Gasteiger partial charge is 0.507 e. The number of phenols is 1. The minimum atomic E-state index is 0.384. The predicted octanol–water partition coefficient (Wildman–Crippen LogP) is 9.50. The average molecular weight is 562 g/mol. The molecule has 0 amide bonds. The maximum absolute atomic E-state index is 11.2. The van der Waals surface area contributed by atoms with Crippen molar-refractivity contribution in [1.29, 1.82) is 0 Å². The van der Waals surface area contributed by atoms with Crippen LogP contribution in [0, 0.1) is 34.6 Å². The highest BCUT2D eigenvalue weighted by Crippen LogP contribution is 2.37. The van der Waals surface area contributed by atoms with Gasteiger partial charge in [-0.1, -0.05) is 54.2 Å².